The Kier molecular flexibility index (Phi) is 6.98. The van der Waals surface area contributed by atoms with E-state index in [2.05, 4.69) is 31.0 Å². The number of nitrogens with one attached hydrogen (secondary N) is 1. The van der Waals surface area contributed by atoms with Gasteiger partial charge in [-0.2, -0.15) is 0 Å². The number of nitrogens with zero attached hydrogens (tertiary/aromatic N) is 2. The van der Waals surface area contributed by atoms with Gasteiger partial charge in [-0.3, -0.25) is 9.79 Å². The molecule has 7 heteroatoms. The van der Waals surface area contributed by atoms with E-state index in [-0.39, 0.29) is 41.3 Å². The molecule has 0 aromatic heterocycles. The fraction of sp³-hybridized carbons (Fsp3) is 0.889. The molecule has 3 unspecified atom stereocenters. The Hall–Kier alpha value is -0.570. The number of carbonyl (C=O) groups is 1. The third-order valence-electron chi connectivity index (χ3n) is 6.02. The molecule has 0 radical (unpaired) electrons. The zero-order valence-electron chi connectivity index (χ0n) is 15.8. The molecule has 3 fully saturated rings. The molecule has 144 valence electrons. The van der Waals surface area contributed by atoms with Gasteiger partial charge in [-0.25, -0.2) is 0 Å². The third-order valence-corrected chi connectivity index (χ3v) is 6.02. The summed E-state index contributed by atoms with van der Waals surface area (Å²) in [6.45, 7) is 9.97. The molecule has 0 bridgehead atoms. The molecule has 2 aliphatic heterocycles. The summed E-state index contributed by atoms with van der Waals surface area (Å²) < 4.78 is 10.8. The van der Waals surface area contributed by atoms with E-state index in [1.54, 1.807) is 0 Å². The zero-order valence-corrected chi connectivity index (χ0v) is 18.1. The number of halogens is 1. The normalized spacial score (nSPS) is 31.6. The van der Waals surface area contributed by atoms with Crippen LogP contribution in [0.25, 0.3) is 0 Å². The minimum atomic E-state index is -0.0809. The summed E-state index contributed by atoms with van der Waals surface area (Å²) in [7, 11) is 1.47. The second kappa shape index (κ2) is 8.41. The Bertz CT molecular complexity index is 504. The van der Waals surface area contributed by atoms with E-state index >= 15 is 0 Å². The van der Waals surface area contributed by atoms with Crippen LogP contribution in [-0.2, 0) is 14.3 Å². The lowest BCUT2D eigenvalue weighted by Gasteiger charge is -2.55. The number of hydrogen-bond acceptors (Lipinski definition) is 4. The molecule has 1 N–H and O–H groups in total. The van der Waals surface area contributed by atoms with Crippen LogP contribution in [0, 0.1) is 17.3 Å². The van der Waals surface area contributed by atoms with Gasteiger partial charge < -0.3 is 19.7 Å². The Morgan fingerprint density at radius 2 is 2.00 bits per heavy atom. The molecule has 6 nitrogen and oxygen atoms in total. The SMILES string of the molecule is CCN=C(NC1C2CCOC2C1(C)C)N1CCC(C(=O)OC)CC1.I. The van der Waals surface area contributed by atoms with Crippen LogP contribution in [0.5, 0.6) is 0 Å². The number of esters is 1. The van der Waals surface area contributed by atoms with Gasteiger partial charge in [0.15, 0.2) is 5.96 Å². The molecule has 0 aromatic carbocycles. The summed E-state index contributed by atoms with van der Waals surface area (Å²) in [5.74, 6) is 1.53. The third kappa shape index (κ3) is 3.91. The van der Waals surface area contributed by atoms with E-state index in [0.29, 0.717) is 18.1 Å². The summed E-state index contributed by atoms with van der Waals surface area (Å²) in [6, 6.07) is 0.411. The number of carbonyl (C=O) groups excluding carboxylic acids is 1. The van der Waals surface area contributed by atoms with Crippen molar-refractivity contribution >= 4 is 35.9 Å². The second-order valence-electron chi connectivity index (χ2n) is 7.77. The molecule has 0 amide bonds. The van der Waals surface area contributed by atoms with E-state index in [4.69, 9.17) is 14.5 Å². The van der Waals surface area contributed by atoms with Crippen molar-refractivity contribution in [2.45, 2.75) is 52.2 Å². The van der Waals surface area contributed by atoms with Crippen LogP contribution in [-0.4, -0.2) is 62.3 Å². The maximum atomic E-state index is 11.7. The maximum Gasteiger partial charge on any atom is 0.308 e. The van der Waals surface area contributed by atoms with Gasteiger partial charge in [-0.1, -0.05) is 13.8 Å². The van der Waals surface area contributed by atoms with Crippen LogP contribution in [0.4, 0.5) is 0 Å². The second-order valence-corrected chi connectivity index (χ2v) is 7.77. The summed E-state index contributed by atoms with van der Waals surface area (Å²) in [6.07, 6.45) is 3.18. The highest BCUT2D eigenvalue weighted by Crippen LogP contribution is 2.52. The predicted molar refractivity (Wildman–Crippen MR) is 108 cm³/mol. The van der Waals surface area contributed by atoms with Gasteiger partial charge in [0, 0.05) is 43.6 Å². The highest BCUT2D eigenvalue weighted by Gasteiger charge is 2.59. The Labute approximate surface area is 168 Å². The lowest BCUT2D eigenvalue weighted by Crippen LogP contribution is -2.68. The average molecular weight is 465 g/mol. The largest absolute Gasteiger partial charge is 0.469 e. The van der Waals surface area contributed by atoms with Crippen LogP contribution in [0.3, 0.4) is 0 Å². The van der Waals surface area contributed by atoms with Crippen LogP contribution in [0.15, 0.2) is 4.99 Å². The van der Waals surface area contributed by atoms with Crippen LogP contribution in [0.1, 0.15) is 40.0 Å². The zero-order chi connectivity index (χ0) is 17.3. The fourth-order valence-electron chi connectivity index (χ4n) is 4.64. The molecule has 3 rings (SSSR count). The van der Waals surface area contributed by atoms with E-state index in [1.165, 1.54) is 7.11 Å². The molecule has 3 atom stereocenters. The van der Waals surface area contributed by atoms with Crippen molar-refractivity contribution in [3.8, 4) is 0 Å². The molecule has 1 aliphatic carbocycles. The lowest BCUT2D eigenvalue weighted by atomic mass is 9.57. The molecule has 3 aliphatic rings. The molecule has 0 spiro atoms. The summed E-state index contributed by atoms with van der Waals surface area (Å²) in [5.41, 5.74) is 0.139. The quantitative estimate of drug-likeness (QED) is 0.300. The molecular formula is C18H32IN3O3. The van der Waals surface area contributed by atoms with Crippen molar-refractivity contribution in [2.75, 3.05) is 33.4 Å². The van der Waals surface area contributed by atoms with Crippen molar-refractivity contribution in [1.82, 2.24) is 10.2 Å². The lowest BCUT2D eigenvalue weighted by molar-refractivity contribution is -0.146. The Morgan fingerprint density at radius 1 is 1.32 bits per heavy atom. The Morgan fingerprint density at radius 3 is 2.60 bits per heavy atom. The van der Waals surface area contributed by atoms with Gasteiger partial charge in [0.25, 0.3) is 0 Å². The van der Waals surface area contributed by atoms with Gasteiger partial charge >= 0.3 is 5.97 Å². The first kappa shape index (κ1) is 20.7. The monoisotopic (exact) mass is 465 g/mol. The van der Waals surface area contributed by atoms with E-state index in [1.807, 2.05) is 0 Å². The number of guanidine groups is 1. The van der Waals surface area contributed by atoms with E-state index < -0.39 is 0 Å². The fourth-order valence-corrected chi connectivity index (χ4v) is 4.64. The van der Waals surface area contributed by atoms with Crippen molar-refractivity contribution in [3.63, 3.8) is 0 Å². The number of aliphatic imine (C=N–C) groups is 1. The van der Waals surface area contributed by atoms with Crippen molar-refractivity contribution in [1.29, 1.82) is 0 Å². The average Bonchev–Trinajstić information content (AvgIpc) is 3.05. The van der Waals surface area contributed by atoms with Gasteiger partial charge in [-0.05, 0) is 26.2 Å². The Balaban J connectivity index is 0.00000225. The first-order valence-electron chi connectivity index (χ1n) is 9.24. The first-order valence-corrected chi connectivity index (χ1v) is 9.24. The number of piperidine rings is 1. The standard InChI is InChI=1S/C18H31N3O3.HI/c1-5-19-17(21-9-6-12(7-10-21)16(22)23-4)20-14-13-8-11-24-15(13)18(14,2)3;/h12-15H,5-11H2,1-4H3,(H,19,20);1H. The summed E-state index contributed by atoms with van der Waals surface area (Å²) in [4.78, 5) is 18.7. The minimum absolute atomic E-state index is 0. The van der Waals surface area contributed by atoms with Gasteiger partial charge in [0.05, 0.1) is 19.1 Å². The summed E-state index contributed by atoms with van der Waals surface area (Å²) in [5, 5.41) is 3.72. The molecular weight excluding hydrogens is 433 g/mol. The smallest absolute Gasteiger partial charge is 0.308 e. The van der Waals surface area contributed by atoms with Gasteiger partial charge in [0.2, 0.25) is 0 Å². The van der Waals surface area contributed by atoms with Crippen molar-refractivity contribution in [2.24, 2.45) is 22.2 Å². The van der Waals surface area contributed by atoms with Crippen LogP contribution >= 0.6 is 24.0 Å². The number of methoxy groups -OCH3 is 1. The van der Waals surface area contributed by atoms with Crippen LogP contribution in [0.2, 0.25) is 0 Å². The van der Waals surface area contributed by atoms with Gasteiger partial charge in [0.1, 0.15) is 0 Å². The number of hydrogen-bond donors (Lipinski definition) is 1. The maximum absolute atomic E-state index is 11.7. The van der Waals surface area contributed by atoms with Gasteiger partial charge in [-0.15, -0.1) is 24.0 Å². The van der Waals surface area contributed by atoms with E-state index in [9.17, 15) is 4.79 Å². The molecule has 2 heterocycles. The summed E-state index contributed by atoms with van der Waals surface area (Å²) >= 11 is 0. The topological polar surface area (TPSA) is 63.2 Å². The van der Waals surface area contributed by atoms with Crippen molar-refractivity contribution < 1.29 is 14.3 Å². The predicted octanol–water partition coefficient (Wildman–Crippen LogP) is 2.27. The number of fused-ring (bicyclic) bond motifs is 1. The highest BCUT2D eigenvalue weighted by atomic mass is 127. The van der Waals surface area contributed by atoms with Crippen molar-refractivity contribution in [3.05, 3.63) is 0 Å². The highest BCUT2D eigenvalue weighted by molar-refractivity contribution is 14.0. The van der Waals surface area contributed by atoms with E-state index in [0.717, 1.165) is 51.5 Å². The molecule has 0 aromatic rings. The number of rotatable bonds is 3. The van der Waals surface area contributed by atoms with Crippen LogP contribution < -0.4 is 5.32 Å². The molecule has 25 heavy (non-hydrogen) atoms. The number of likely N-dealkylation sites (tertiary alicyclic amines) is 1. The molecule has 1 saturated carbocycles. The minimum Gasteiger partial charge on any atom is -0.469 e. The molecule has 2 saturated heterocycles. The first-order chi connectivity index (χ1) is 11.5. The number of ether oxygens (including phenoxy) is 2.